The van der Waals surface area contributed by atoms with Crippen LogP contribution in [0.1, 0.15) is 0 Å². The third-order valence-electron chi connectivity index (χ3n) is 3.06. The zero-order valence-electron chi connectivity index (χ0n) is 9.91. The molecule has 0 amide bonds. The highest BCUT2D eigenvalue weighted by Crippen LogP contribution is 2.25. The number of hydrogen-bond acceptors (Lipinski definition) is 4. The lowest BCUT2D eigenvalue weighted by molar-refractivity contribution is 1.20. The number of nitrogens with one attached hydrogen (secondary N) is 1. The second-order valence-corrected chi connectivity index (χ2v) is 4.23. The fourth-order valence-corrected chi connectivity index (χ4v) is 2.18. The lowest BCUT2D eigenvalue weighted by Crippen LogP contribution is -1.87. The standard InChI is InChI=1S/C14H9N5/c1-2-4-10-9(3-1)5-6-16-12(10)14-18-11-7-15-8-17-13(11)19-14/h1-8H,(H,15,17,18,19). The van der Waals surface area contributed by atoms with Gasteiger partial charge in [-0.1, -0.05) is 24.3 Å². The molecule has 0 spiro atoms. The minimum Gasteiger partial charge on any atom is -0.334 e. The minimum atomic E-state index is 0.653. The fourth-order valence-electron chi connectivity index (χ4n) is 2.18. The van der Waals surface area contributed by atoms with Crippen LogP contribution in [0.5, 0.6) is 0 Å². The van der Waals surface area contributed by atoms with Gasteiger partial charge in [0.15, 0.2) is 11.5 Å². The number of rotatable bonds is 1. The Bertz CT molecular complexity index is 843. The van der Waals surface area contributed by atoms with Crippen LogP contribution >= 0.6 is 0 Å². The van der Waals surface area contributed by atoms with Crippen molar-refractivity contribution in [1.82, 2.24) is 24.9 Å². The molecule has 0 aliphatic carbocycles. The molecule has 90 valence electrons. The molecule has 4 aromatic rings. The number of nitrogens with zero attached hydrogens (tertiary/aromatic N) is 4. The summed E-state index contributed by atoms with van der Waals surface area (Å²) in [6.07, 6.45) is 4.99. The van der Waals surface area contributed by atoms with Gasteiger partial charge in [-0.25, -0.2) is 15.0 Å². The Morgan fingerprint density at radius 3 is 2.89 bits per heavy atom. The first-order chi connectivity index (χ1) is 9.42. The Balaban J connectivity index is 2.03. The van der Waals surface area contributed by atoms with Crippen LogP contribution < -0.4 is 0 Å². The maximum atomic E-state index is 4.46. The van der Waals surface area contributed by atoms with E-state index in [4.69, 9.17) is 0 Å². The number of fused-ring (bicyclic) bond motifs is 2. The quantitative estimate of drug-likeness (QED) is 0.561. The molecule has 0 fully saturated rings. The lowest BCUT2D eigenvalue weighted by atomic mass is 10.1. The first-order valence-corrected chi connectivity index (χ1v) is 5.92. The lowest BCUT2D eigenvalue weighted by Gasteiger charge is -2.01. The van der Waals surface area contributed by atoms with Crippen LogP contribution in [0.4, 0.5) is 0 Å². The molecular formula is C14H9N5. The average molecular weight is 247 g/mol. The van der Waals surface area contributed by atoms with E-state index in [1.807, 2.05) is 24.3 Å². The van der Waals surface area contributed by atoms with Gasteiger partial charge < -0.3 is 4.98 Å². The van der Waals surface area contributed by atoms with E-state index in [2.05, 4.69) is 31.0 Å². The Morgan fingerprint density at radius 2 is 1.95 bits per heavy atom. The number of aromatic amines is 1. The van der Waals surface area contributed by atoms with Crippen LogP contribution in [0, 0.1) is 0 Å². The third kappa shape index (κ3) is 1.55. The van der Waals surface area contributed by atoms with Crippen LogP contribution in [0.3, 0.4) is 0 Å². The molecule has 0 unspecified atom stereocenters. The highest BCUT2D eigenvalue weighted by atomic mass is 15.0. The number of hydrogen-bond donors (Lipinski definition) is 1. The highest BCUT2D eigenvalue weighted by Gasteiger charge is 2.10. The summed E-state index contributed by atoms with van der Waals surface area (Å²) in [6.45, 7) is 0. The van der Waals surface area contributed by atoms with Crippen LogP contribution in [0.15, 0.2) is 49.1 Å². The molecule has 0 saturated heterocycles. The van der Waals surface area contributed by atoms with E-state index in [1.54, 1.807) is 12.4 Å². The van der Waals surface area contributed by atoms with Crippen molar-refractivity contribution in [2.75, 3.05) is 0 Å². The molecule has 0 bridgehead atoms. The van der Waals surface area contributed by atoms with Crippen molar-refractivity contribution in [2.45, 2.75) is 0 Å². The Hall–Kier alpha value is -2.82. The first-order valence-electron chi connectivity index (χ1n) is 5.92. The minimum absolute atomic E-state index is 0.653. The van der Waals surface area contributed by atoms with Gasteiger partial charge in [0.05, 0.1) is 6.20 Å². The van der Waals surface area contributed by atoms with Crippen molar-refractivity contribution in [3.63, 3.8) is 0 Å². The molecule has 0 aliphatic heterocycles. The predicted octanol–water partition coefficient (Wildman–Crippen LogP) is 2.57. The summed E-state index contributed by atoms with van der Waals surface area (Å²) >= 11 is 0. The van der Waals surface area contributed by atoms with E-state index < -0.39 is 0 Å². The summed E-state index contributed by atoms with van der Waals surface area (Å²) in [4.78, 5) is 20.2. The zero-order valence-corrected chi connectivity index (χ0v) is 9.91. The molecule has 1 N–H and O–H groups in total. The molecule has 4 rings (SSSR count). The molecule has 0 atom stereocenters. The summed E-state index contributed by atoms with van der Waals surface area (Å²) in [7, 11) is 0. The molecule has 0 saturated carbocycles. The van der Waals surface area contributed by atoms with Gasteiger partial charge >= 0.3 is 0 Å². The van der Waals surface area contributed by atoms with Crippen molar-refractivity contribution < 1.29 is 0 Å². The van der Waals surface area contributed by atoms with Gasteiger partial charge in [-0.15, -0.1) is 0 Å². The molecular weight excluding hydrogens is 238 g/mol. The van der Waals surface area contributed by atoms with Gasteiger partial charge in [0, 0.05) is 11.6 Å². The van der Waals surface area contributed by atoms with Crippen LogP contribution in [0.2, 0.25) is 0 Å². The largest absolute Gasteiger partial charge is 0.334 e. The van der Waals surface area contributed by atoms with Crippen molar-refractivity contribution in [3.05, 3.63) is 49.1 Å². The molecule has 5 nitrogen and oxygen atoms in total. The maximum Gasteiger partial charge on any atom is 0.181 e. The van der Waals surface area contributed by atoms with E-state index >= 15 is 0 Å². The zero-order chi connectivity index (χ0) is 12.7. The summed E-state index contributed by atoms with van der Waals surface area (Å²) < 4.78 is 0. The van der Waals surface area contributed by atoms with Crippen molar-refractivity contribution in [2.24, 2.45) is 0 Å². The number of pyridine rings is 1. The first kappa shape index (κ1) is 10.1. The van der Waals surface area contributed by atoms with Gasteiger partial charge in [-0.3, -0.25) is 4.98 Å². The number of aromatic nitrogens is 5. The topological polar surface area (TPSA) is 67.3 Å². The van der Waals surface area contributed by atoms with Gasteiger partial charge in [-0.05, 0) is 11.5 Å². The predicted molar refractivity (Wildman–Crippen MR) is 72.4 cm³/mol. The average Bonchev–Trinajstić information content (AvgIpc) is 2.90. The van der Waals surface area contributed by atoms with Crippen LogP contribution in [-0.4, -0.2) is 24.9 Å². The molecule has 1 aromatic carbocycles. The van der Waals surface area contributed by atoms with E-state index in [1.165, 1.54) is 6.33 Å². The maximum absolute atomic E-state index is 4.46. The van der Waals surface area contributed by atoms with E-state index in [9.17, 15) is 0 Å². The van der Waals surface area contributed by atoms with Gasteiger partial charge in [0.2, 0.25) is 0 Å². The van der Waals surface area contributed by atoms with E-state index in [0.717, 1.165) is 22.0 Å². The molecule has 0 aliphatic rings. The van der Waals surface area contributed by atoms with Crippen molar-refractivity contribution in [1.29, 1.82) is 0 Å². The Labute approximate surface area is 108 Å². The monoisotopic (exact) mass is 247 g/mol. The smallest absolute Gasteiger partial charge is 0.181 e. The Morgan fingerprint density at radius 1 is 1.00 bits per heavy atom. The molecule has 3 heterocycles. The van der Waals surface area contributed by atoms with Crippen LogP contribution in [-0.2, 0) is 0 Å². The second kappa shape index (κ2) is 3.84. The SMILES string of the molecule is c1ccc2c(-c3nc4ncncc4[nH]3)nccc2c1. The summed E-state index contributed by atoms with van der Waals surface area (Å²) in [5.74, 6) is 0.715. The fraction of sp³-hybridized carbons (Fsp3) is 0. The number of imidazole rings is 1. The van der Waals surface area contributed by atoms with Gasteiger partial charge in [0.1, 0.15) is 17.5 Å². The Kier molecular flexibility index (Phi) is 2.05. The summed E-state index contributed by atoms with van der Waals surface area (Å²) in [5.41, 5.74) is 2.29. The van der Waals surface area contributed by atoms with Crippen molar-refractivity contribution in [3.8, 4) is 11.5 Å². The number of benzene rings is 1. The van der Waals surface area contributed by atoms with Gasteiger partial charge in [0.25, 0.3) is 0 Å². The molecule has 5 heteroatoms. The van der Waals surface area contributed by atoms with Gasteiger partial charge in [-0.2, -0.15) is 0 Å². The van der Waals surface area contributed by atoms with Crippen LogP contribution in [0.25, 0.3) is 33.5 Å². The molecule has 19 heavy (non-hydrogen) atoms. The third-order valence-corrected chi connectivity index (χ3v) is 3.06. The molecule has 3 aromatic heterocycles. The highest BCUT2D eigenvalue weighted by molar-refractivity contribution is 5.93. The van der Waals surface area contributed by atoms with E-state index in [-0.39, 0.29) is 0 Å². The molecule has 0 radical (unpaired) electrons. The summed E-state index contributed by atoms with van der Waals surface area (Å²) in [5, 5.41) is 2.20. The second-order valence-electron chi connectivity index (χ2n) is 4.23. The summed E-state index contributed by atoms with van der Waals surface area (Å²) in [6, 6.07) is 10.1. The normalized spacial score (nSPS) is 11.2. The van der Waals surface area contributed by atoms with E-state index in [0.29, 0.717) is 11.5 Å². The number of H-pyrrole nitrogens is 1. The van der Waals surface area contributed by atoms with Crippen molar-refractivity contribution >= 4 is 21.9 Å².